The summed E-state index contributed by atoms with van der Waals surface area (Å²) in [7, 11) is 0. The SMILES string of the molecule is CC(C)(C)OC(=O)NCCN(O)C[C@H](CCCN=C(N)N[N+](=O)[O-])NC(=O)OC(C)(C)C. The second-order valence-corrected chi connectivity index (χ2v) is 8.96. The monoisotopic (exact) mass is 463 g/mol. The van der Waals surface area contributed by atoms with Crippen LogP contribution in [0, 0.1) is 10.1 Å². The molecule has 0 heterocycles. The van der Waals surface area contributed by atoms with Crippen LogP contribution in [0.2, 0.25) is 0 Å². The maximum Gasteiger partial charge on any atom is 0.407 e. The molecule has 186 valence electrons. The molecule has 0 aliphatic carbocycles. The Bertz CT molecular complexity index is 645. The average molecular weight is 464 g/mol. The number of nitrogens with one attached hydrogen (secondary N) is 3. The van der Waals surface area contributed by atoms with Gasteiger partial charge in [-0.05, 0) is 54.4 Å². The first-order valence-electron chi connectivity index (χ1n) is 10.2. The zero-order valence-corrected chi connectivity index (χ0v) is 19.6. The van der Waals surface area contributed by atoms with Gasteiger partial charge in [-0.15, -0.1) is 0 Å². The van der Waals surface area contributed by atoms with Crippen molar-refractivity contribution in [1.29, 1.82) is 0 Å². The van der Waals surface area contributed by atoms with E-state index in [0.717, 1.165) is 5.06 Å². The number of rotatable bonds is 11. The summed E-state index contributed by atoms with van der Waals surface area (Å²) in [6, 6.07) is -0.517. The number of hydrogen-bond donors (Lipinski definition) is 5. The molecule has 6 N–H and O–H groups in total. The molecule has 2 amide bonds. The number of amides is 2. The number of ether oxygens (including phenoxy) is 2. The Labute approximate surface area is 188 Å². The molecule has 0 rings (SSSR count). The van der Waals surface area contributed by atoms with Gasteiger partial charge >= 0.3 is 12.2 Å². The molecule has 14 nitrogen and oxygen atoms in total. The van der Waals surface area contributed by atoms with Crippen LogP contribution >= 0.6 is 0 Å². The van der Waals surface area contributed by atoms with Gasteiger partial charge in [0.05, 0.1) is 0 Å². The first-order chi connectivity index (χ1) is 14.6. The van der Waals surface area contributed by atoms with Crippen LogP contribution in [-0.2, 0) is 9.47 Å². The maximum atomic E-state index is 12.1. The lowest BCUT2D eigenvalue weighted by Crippen LogP contribution is -2.46. The van der Waals surface area contributed by atoms with Gasteiger partial charge in [0.15, 0.2) is 5.03 Å². The van der Waals surface area contributed by atoms with Gasteiger partial charge in [0.25, 0.3) is 5.96 Å². The van der Waals surface area contributed by atoms with Crippen molar-refractivity contribution in [2.45, 2.75) is 71.6 Å². The minimum atomic E-state index is -0.819. The lowest BCUT2D eigenvalue weighted by Gasteiger charge is -2.26. The highest BCUT2D eigenvalue weighted by Crippen LogP contribution is 2.09. The third kappa shape index (κ3) is 17.9. The number of aliphatic imine (C=N–C) groups is 1. The number of nitrogens with zero attached hydrogens (tertiary/aromatic N) is 3. The highest BCUT2D eigenvalue weighted by Gasteiger charge is 2.21. The summed E-state index contributed by atoms with van der Waals surface area (Å²) in [6.45, 7) is 10.8. The number of nitrogens with two attached hydrogens (primary N) is 1. The van der Waals surface area contributed by atoms with Crippen molar-refractivity contribution in [3.63, 3.8) is 0 Å². The Hall–Kier alpha value is -2.87. The lowest BCUT2D eigenvalue weighted by atomic mass is 10.1. The van der Waals surface area contributed by atoms with Crippen LogP contribution in [0.1, 0.15) is 54.4 Å². The normalized spacial score (nSPS) is 13.3. The number of hydroxylamine groups is 2. The summed E-state index contributed by atoms with van der Waals surface area (Å²) in [5, 5.41) is 25.8. The number of alkyl carbamates (subject to hydrolysis) is 2. The maximum absolute atomic E-state index is 12.1. The fourth-order valence-corrected chi connectivity index (χ4v) is 2.30. The number of carbonyl (C=O) groups excluding carboxylic acids is 2. The minimum absolute atomic E-state index is 0.0432. The van der Waals surface area contributed by atoms with Gasteiger partial charge in [-0.2, -0.15) is 5.06 Å². The molecule has 0 bridgehead atoms. The summed E-state index contributed by atoms with van der Waals surface area (Å²) < 4.78 is 10.4. The van der Waals surface area contributed by atoms with Crippen molar-refractivity contribution in [3.05, 3.63) is 10.1 Å². The van der Waals surface area contributed by atoms with Crippen LogP contribution in [0.15, 0.2) is 4.99 Å². The third-order valence-corrected chi connectivity index (χ3v) is 3.39. The number of nitro groups is 1. The molecule has 0 fully saturated rings. The van der Waals surface area contributed by atoms with Crippen molar-refractivity contribution in [3.8, 4) is 0 Å². The van der Waals surface area contributed by atoms with Crippen molar-refractivity contribution in [1.82, 2.24) is 21.1 Å². The molecule has 0 saturated carbocycles. The van der Waals surface area contributed by atoms with E-state index in [9.17, 15) is 24.9 Å². The number of carbonyl (C=O) groups is 2. The zero-order chi connectivity index (χ0) is 24.9. The molecule has 1 atom stereocenters. The van der Waals surface area contributed by atoms with Gasteiger partial charge in [-0.25, -0.2) is 24.7 Å². The predicted octanol–water partition coefficient (Wildman–Crippen LogP) is 0.972. The Kier molecular flexibility index (Phi) is 12.3. The summed E-state index contributed by atoms with van der Waals surface area (Å²) >= 11 is 0. The summed E-state index contributed by atoms with van der Waals surface area (Å²) in [4.78, 5) is 37.9. The van der Waals surface area contributed by atoms with Crippen LogP contribution in [0.4, 0.5) is 9.59 Å². The highest BCUT2D eigenvalue weighted by molar-refractivity contribution is 5.76. The first-order valence-corrected chi connectivity index (χ1v) is 10.2. The molecule has 0 spiro atoms. The Morgan fingerprint density at radius 3 is 2.25 bits per heavy atom. The topological polar surface area (TPSA) is 194 Å². The molecule has 0 radical (unpaired) electrons. The van der Waals surface area contributed by atoms with Crippen LogP contribution < -0.4 is 21.8 Å². The molecular weight excluding hydrogens is 426 g/mol. The molecule has 0 aromatic heterocycles. The average Bonchev–Trinajstić information content (AvgIpc) is 2.54. The fraction of sp³-hybridized carbons (Fsp3) is 0.833. The second kappa shape index (κ2) is 13.5. The van der Waals surface area contributed by atoms with E-state index < -0.39 is 34.5 Å². The summed E-state index contributed by atoms with van der Waals surface area (Å²) in [5.41, 5.74) is 5.76. The van der Waals surface area contributed by atoms with E-state index in [1.165, 1.54) is 0 Å². The van der Waals surface area contributed by atoms with Crippen LogP contribution in [0.25, 0.3) is 0 Å². The molecule has 0 unspecified atom stereocenters. The van der Waals surface area contributed by atoms with Crippen LogP contribution in [0.3, 0.4) is 0 Å². The van der Waals surface area contributed by atoms with E-state index in [4.69, 9.17) is 15.2 Å². The molecule has 14 heteroatoms. The largest absolute Gasteiger partial charge is 0.444 e. The number of guanidine groups is 1. The highest BCUT2D eigenvalue weighted by atomic mass is 16.7. The van der Waals surface area contributed by atoms with E-state index in [-0.39, 0.29) is 32.1 Å². The van der Waals surface area contributed by atoms with Gasteiger partial charge in [0.2, 0.25) is 0 Å². The molecular formula is C18H37N7O7. The van der Waals surface area contributed by atoms with E-state index >= 15 is 0 Å². The smallest absolute Gasteiger partial charge is 0.407 e. The van der Waals surface area contributed by atoms with E-state index in [1.807, 2.05) is 0 Å². The zero-order valence-electron chi connectivity index (χ0n) is 19.6. The molecule has 0 aliphatic heterocycles. The van der Waals surface area contributed by atoms with Gasteiger partial charge in [-0.3, -0.25) is 0 Å². The van der Waals surface area contributed by atoms with E-state index in [2.05, 4.69) is 15.6 Å². The standard InChI is InChI=1S/C18H37N7O7/c1-17(2,3)31-15(26)21-10-11-24(28)12-13(22-16(27)32-18(4,5)6)8-7-9-20-14(19)23-25(29)30/h13,28H,7-12H2,1-6H3,(H,21,26)(H,22,27)(H3,19,20,23)/t13-/m0/s1. The molecule has 0 aromatic carbocycles. The quantitative estimate of drug-likeness (QED) is 0.0968. The molecule has 0 aliphatic rings. The third-order valence-electron chi connectivity index (χ3n) is 3.39. The van der Waals surface area contributed by atoms with Crippen molar-refractivity contribution in [2.75, 3.05) is 26.2 Å². The Morgan fingerprint density at radius 2 is 1.72 bits per heavy atom. The summed E-state index contributed by atoms with van der Waals surface area (Å²) in [6.07, 6.45) is -0.454. The summed E-state index contributed by atoms with van der Waals surface area (Å²) in [5.74, 6) is -0.330. The lowest BCUT2D eigenvalue weighted by molar-refractivity contribution is -0.525. The van der Waals surface area contributed by atoms with Gasteiger partial charge in [-0.1, -0.05) is 5.43 Å². The Balaban J connectivity index is 4.69. The van der Waals surface area contributed by atoms with Crippen LogP contribution in [-0.4, -0.2) is 76.9 Å². The number of hydrazine groups is 1. The second-order valence-electron chi connectivity index (χ2n) is 8.96. The van der Waals surface area contributed by atoms with Gasteiger partial charge < -0.3 is 31.0 Å². The Morgan fingerprint density at radius 1 is 1.16 bits per heavy atom. The predicted molar refractivity (Wildman–Crippen MR) is 117 cm³/mol. The van der Waals surface area contributed by atoms with Crippen molar-refractivity contribution in [2.24, 2.45) is 10.7 Å². The van der Waals surface area contributed by atoms with E-state index in [1.54, 1.807) is 47.0 Å². The van der Waals surface area contributed by atoms with E-state index in [0.29, 0.717) is 12.8 Å². The fourth-order valence-electron chi connectivity index (χ4n) is 2.30. The van der Waals surface area contributed by atoms with Gasteiger partial charge in [0.1, 0.15) is 11.2 Å². The molecule has 32 heavy (non-hydrogen) atoms. The van der Waals surface area contributed by atoms with Crippen molar-refractivity contribution < 1.29 is 29.3 Å². The minimum Gasteiger partial charge on any atom is -0.444 e. The van der Waals surface area contributed by atoms with Crippen LogP contribution in [0.5, 0.6) is 0 Å². The van der Waals surface area contributed by atoms with Gasteiger partial charge in [0, 0.05) is 32.2 Å². The van der Waals surface area contributed by atoms with Crippen molar-refractivity contribution >= 4 is 18.1 Å². The molecule has 0 aromatic rings. The number of hydrogen-bond acceptors (Lipinski definition) is 9. The molecule has 0 saturated heterocycles. The first kappa shape index (κ1) is 29.1.